The van der Waals surface area contributed by atoms with Gasteiger partial charge in [0.05, 0.1) is 17.6 Å². The van der Waals surface area contributed by atoms with E-state index in [1.165, 1.54) is 165 Å². The van der Waals surface area contributed by atoms with Gasteiger partial charge in [-0.25, -0.2) is 4.99 Å². The average molecular weight is 667 g/mol. The molecule has 0 aromatic heterocycles. The minimum absolute atomic E-state index is 0.749. The fourth-order valence-electron chi connectivity index (χ4n) is 6.54. The van der Waals surface area contributed by atoms with Gasteiger partial charge in [-0.15, -0.1) is 0 Å². The van der Waals surface area contributed by atoms with E-state index in [2.05, 4.69) is 81.1 Å². The van der Waals surface area contributed by atoms with Gasteiger partial charge in [-0.1, -0.05) is 192 Å². The summed E-state index contributed by atoms with van der Waals surface area (Å²) in [5.41, 5.74) is 5.48. The van der Waals surface area contributed by atoms with Crippen LogP contribution in [0.4, 0.5) is 11.4 Å². The molecule has 2 rings (SSSR count). The van der Waals surface area contributed by atoms with Gasteiger partial charge in [0.25, 0.3) is 0 Å². The Morgan fingerprint density at radius 1 is 0.490 bits per heavy atom. The Kier molecular flexibility index (Phi) is 27.2. The second-order valence-corrected chi connectivity index (χ2v) is 14.4. The maximum absolute atomic E-state index is 4.98. The quantitative estimate of drug-likeness (QED) is 0.0450. The van der Waals surface area contributed by atoms with E-state index in [1.807, 2.05) is 6.21 Å². The molecule has 0 aliphatic carbocycles. The lowest BCUT2D eigenvalue weighted by atomic mass is 10.0. The Balaban J connectivity index is 1.84. The summed E-state index contributed by atoms with van der Waals surface area (Å²) in [7, 11) is 0. The Labute approximate surface area is 304 Å². The third-order valence-electron chi connectivity index (χ3n) is 9.67. The molecule has 0 radical (unpaired) electrons. The molecule has 49 heavy (non-hydrogen) atoms. The van der Waals surface area contributed by atoms with E-state index in [0.29, 0.717) is 0 Å². The largest absolute Gasteiger partial charge is 0.254 e. The predicted octanol–water partition coefficient (Wildman–Crippen LogP) is 15.5. The number of unbranched alkanes of at least 4 members (excludes halogenated alkanes) is 23. The third-order valence-corrected chi connectivity index (χ3v) is 9.67. The van der Waals surface area contributed by atoms with Crippen molar-refractivity contribution in [2.75, 3.05) is 0 Å². The van der Waals surface area contributed by atoms with Crippen LogP contribution in [0.1, 0.15) is 199 Å². The second kappa shape index (κ2) is 31.3. The number of rotatable bonds is 30. The first kappa shape index (κ1) is 42.5. The standard InChI is InChI=1S/C47H74N2/c1-4-7-10-13-15-17-19-21-23-26-28-33-43-35-31-38-45(40-43)48-42-47(37-30-25-12-9-6-3)49-46-39-32-36-44(41-46)34-29-27-24-22-20-18-16-14-11-8-5-2/h31-32,35-36,38-42H,4-29,33-34H2,1-3H3. The average Bonchev–Trinajstić information content (AvgIpc) is 3.12. The van der Waals surface area contributed by atoms with Crippen LogP contribution in [0, 0.1) is 11.8 Å². The van der Waals surface area contributed by atoms with Crippen LogP contribution in [0.5, 0.6) is 0 Å². The normalized spacial score (nSPS) is 11.7. The van der Waals surface area contributed by atoms with Crippen molar-refractivity contribution in [1.29, 1.82) is 0 Å². The lowest BCUT2D eigenvalue weighted by Gasteiger charge is -2.05. The number of aryl methyl sites for hydroxylation is 2. The van der Waals surface area contributed by atoms with Crippen molar-refractivity contribution in [2.24, 2.45) is 9.98 Å². The summed E-state index contributed by atoms with van der Waals surface area (Å²) in [5, 5.41) is 0. The van der Waals surface area contributed by atoms with E-state index in [0.717, 1.165) is 42.8 Å². The van der Waals surface area contributed by atoms with E-state index in [4.69, 9.17) is 9.98 Å². The molecule has 0 saturated carbocycles. The Morgan fingerprint density at radius 3 is 1.39 bits per heavy atom. The molecule has 0 N–H and O–H groups in total. The molecule has 0 unspecified atom stereocenters. The van der Waals surface area contributed by atoms with Crippen LogP contribution in [0.2, 0.25) is 0 Å². The highest BCUT2D eigenvalue weighted by atomic mass is 14.8. The molecule has 2 nitrogen and oxygen atoms in total. The van der Waals surface area contributed by atoms with Gasteiger partial charge in [0.2, 0.25) is 0 Å². The van der Waals surface area contributed by atoms with Crippen LogP contribution >= 0.6 is 0 Å². The minimum atomic E-state index is 0.749. The Bertz CT molecular complexity index is 1180. The maximum atomic E-state index is 4.98. The highest BCUT2D eigenvalue weighted by Gasteiger charge is 2.01. The van der Waals surface area contributed by atoms with Crippen molar-refractivity contribution >= 4 is 23.3 Å². The maximum Gasteiger partial charge on any atom is 0.132 e. The summed E-state index contributed by atoms with van der Waals surface area (Å²) < 4.78 is 0. The summed E-state index contributed by atoms with van der Waals surface area (Å²) in [6.45, 7) is 6.82. The summed E-state index contributed by atoms with van der Waals surface area (Å²) in [5.74, 6) is 6.72. The first-order valence-electron chi connectivity index (χ1n) is 21.0. The number of aliphatic imine (C=N–C) groups is 2. The van der Waals surface area contributed by atoms with E-state index in [1.54, 1.807) is 0 Å². The van der Waals surface area contributed by atoms with Crippen molar-refractivity contribution in [3.63, 3.8) is 0 Å². The topological polar surface area (TPSA) is 24.7 Å². The Hall–Kier alpha value is -2.66. The van der Waals surface area contributed by atoms with Gasteiger partial charge in [0.15, 0.2) is 0 Å². The third kappa shape index (κ3) is 24.2. The van der Waals surface area contributed by atoms with Crippen molar-refractivity contribution in [2.45, 2.75) is 201 Å². The molecular weight excluding hydrogens is 593 g/mol. The number of hydrogen-bond acceptors (Lipinski definition) is 2. The molecule has 0 spiro atoms. The van der Waals surface area contributed by atoms with Gasteiger partial charge in [-0.3, -0.25) is 4.99 Å². The van der Waals surface area contributed by atoms with Gasteiger partial charge in [-0.05, 0) is 73.4 Å². The molecule has 2 aromatic carbocycles. The highest BCUT2D eigenvalue weighted by molar-refractivity contribution is 6.39. The van der Waals surface area contributed by atoms with Crippen LogP contribution < -0.4 is 0 Å². The van der Waals surface area contributed by atoms with Crippen LogP contribution in [-0.2, 0) is 12.8 Å². The number of hydrogen-bond donors (Lipinski definition) is 0. The van der Waals surface area contributed by atoms with Gasteiger partial charge >= 0.3 is 0 Å². The highest BCUT2D eigenvalue weighted by Crippen LogP contribution is 2.20. The minimum Gasteiger partial charge on any atom is -0.254 e. The summed E-state index contributed by atoms with van der Waals surface area (Å²) in [4.78, 5) is 9.84. The molecular formula is C47H74N2. The molecule has 0 heterocycles. The van der Waals surface area contributed by atoms with Crippen LogP contribution in [-0.4, -0.2) is 11.9 Å². The zero-order chi connectivity index (χ0) is 34.9. The van der Waals surface area contributed by atoms with Gasteiger partial charge < -0.3 is 0 Å². The van der Waals surface area contributed by atoms with Crippen molar-refractivity contribution < 1.29 is 0 Å². The van der Waals surface area contributed by atoms with E-state index in [-0.39, 0.29) is 0 Å². The molecule has 2 heteroatoms. The number of nitrogens with zero attached hydrogens (tertiary/aromatic N) is 2. The Morgan fingerprint density at radius 2 is 0.898 bits per heavy atom. The molecule has 0 amide bonds. The smallest absolute Gasteiger partial charge is 0.132 e. The van der Waals surface area contributed by atoms with Gasteiger partial charge in [0, 0.05) is 6.42 Å². The monoisotopic (exact) mass is 667 g/mol. The van der Waals surface area contributed by atoms with Crippen LogP contribution in [0.15, 0.2) is 58.5 Å². The van der Waals surface area contributed by atoms with E-state index < -0.39 is 0 Å². The molecule has 272 valence electrons. The molecule has 0 fully saturated rings. The SMILES string of the molecule is CCCCCC#CC(C=Nc1cccc(CCCCCCCCCCCCC)c1)=Nc1cccc(CCCCCCCCCCCCC)c1. The second-order valence-electron chi connectivity index (χ2n) is 14.4. The first-order chi connectivity index (χ1) is 24.2. The molecule has 0 aliphatic heterocycles. The zero-order valence-electron chi connectivity index (χ0n) is 32.4. The molecule has 0 bridgehead atoms. The lowest BCUT2D eigenvalue weighted by molar-refractivity contribution is 0.549. The van der Waals surface area contributed by atoms with Gasteiger partial charge in [-0.2, -0.15) is 0 Å². The first-order valence-corrected chi connectivity index (χ1v) is 21.0. The van der Waals surface area contributed by atoms with Crippen molar-refractivity contribution in [3.8, 4) is 11.8 Å². The molecule has 0 saturated heterocycles. The molecule has 2 aromatic rings. The van der Waals surface area contributed by atoms with E-state index in [9.17, 15) is 0 Å². The van der Waals surface area contributed by atoms with Crippen molar-refractivity contribution in [3.05, 3.63) is 59.7 Å². The van der Waals surface area contributed by atoms with Crippen molar-refractivity contribution in [1.82, 2.24) is 0 Å². The summed E-state index contributed by atoms with van der Waals surface area (Å²) >= 11 is 0. The predicted molar refractivity (Wildman–Crippen MR) is 220 cm³/mol. The molecule has 0 aliphatic rings. The van der Waals surface area contributed by atoms with E-state index >= 15 is 0 Å². The lowest BCUT2D eigenvalue weighted by Crippen LogP contribution is -1.96. The number of benzene rings is 2. The fourth-order valence-corrected chi connectivity index (χ4v) is 6.54. The zero-order valence-corrected chi connectivity index (χ0v) is 32.4. The van der Waals surface area contributed by atoms with Gasteiger partial charge in [0.1, 0.15) is 5.71 Å². The summed E-state index contributed by atoms with van der Waals surface area (Å²) in [6.07, 6.45) is 39.0. The summed E-state index contributed by atoms with van der Waals surface area (Å²) in [6, 6.07) is 17.5. The van der Waals surface area contributed by atoms with Crippen LogP contribution in [0.25, 0.3) is 0 Å². The fraction of sp³-hybridized carbons (Fsp3) is 0.660. The van der Waals surface area contributed by atoms with Crippen LogP contribution in [0.3, 0.4) is 0 Å². The molecule has 0 atom stereocenters.